The van der Waals surface area contributed by atoms with Gasteiger partial charge in [-0.25, -0.2) is 0 Å². The Labute approximate surface area is 112 Å². The highest BCUT2D eigenvalue weighted by atomic mass is 16.5. The molecule has 1 aromatic heterocycles. The molecule has 0 spiro atoms. The molecule has 106 valence electrons. The van der Waals surface area contributed by atoms with Crippen LogP contribution in [-0.4, -0.2) is 34.3 Å². The maximum absolute atomic E-state index is 11.6. The third-order valence-electron chi connectivity index (χ3n) is 2.46. The summed E-state index contributed by atoms with van der Waals surface area (Å²) in [7, 11) is 0. The van der Waals surface area contributed by atoms with Gasteiger partial charge in [-0.1, -0.05) is 13.3 Å². The Hall–Kier alpha value is -2.05. The maximum Gasteiger partial charge on any atom is 0.328 e. The van der Waals surface area contributed by atoms with Crippen molar-refractivity contribution in [2.75, 3.05) is 12.3 Å². The Morgan fingerprint density at radius 2 is 2.32 bits per heavy atom. The molecule has 1 unspecified atom stereocenters. The van der Waals surface area contributed by atoms with Crippen LogP contribution in [-0.2, 0) is 20.9 Å². The van der Waals surface area contributed by atoms with Crippen molar-refractivity contribution in [1.82, 2.24) is 15.1 Å². The SMILES string of the molecule is CCCCNC(=O)C(C)OC(=O)Cn1ccc(N)n1. The summed E-state index contributed by atoms with van der Waals surface area (Å²) >= 11 is 0. The van der Waals surface area contributed by atoms with Gasteiger partial charge in [0.2, 0.25) is 0 Å². The molecule has 0 aliphatic carbocycles. The lowest BCUT2D eigenvalue weighted by Gasteiger charge is -2.13. The van der Waals surface area contributed by atoms with Crippen molar-refractivity contribution in [3.05, 3.63) is 12.3 Å². The van der Waals surface area contributed by atoms with Crippen LogP contribution in [0.3, 0.4) is 0 Å². The number of hydrogen-bond donors (Lipinski definition) is 2. The average Bonchev–Trinajstić information content (AvgIpc) is 2.74. The number of anilines is 1. The number of esters is 1. The van der Waals surface area contributed by atoms with Gasteiger partial charge in [0.05, 0.1) is 0 Å². The predicted octanol–water partition coefficient (Wildman–Crippen LogP) is 0.313. The monoisotopic (exact) mass is 268 g/mol. The molecular weight excluding hydrogens is 248 g/mol. The van der Waals surface area contributed by atoms with Crippen LogP contribution in [0.4, 0.5) is 5.82 Å². The second kappa shape index (κ2) is 7.40. The quantitative estimate of drug-likeness (QED) is 0.548. The molecule has 7 nitrogen and oxygen atoms in total. The van der Waals surface area contributed by atoms with Gasteiger partial charge in [0.15, 0.2) is 6.10 Å². The van der Waals surface area contributed by atoms with Gasteiger partial charge >= 0.3 is 5.97 Å². The van der Waals surface area contributed by atoms with E-state index in [4.69, 9.17) is 10.5 Å². The number of amides is 1. The maximum atomic E-state index is 11.6. The van der Waals surface area contributed by atoms with Crippen LogP contribution in [0.5, 0.6) is 0 Å². The number of nitrogen functional groups attached to an aromatic ring is 1. The first-order valence-corrected chi connectivity index (χ1v) is 6.29. The molecule has 0 saturated carbocycles. The van der Waals surface area contributed by atoms with Crippen molar-refractivity contribution in [3.8, 4) is 0 Å². The summed E-state index contributed by atoms with van der Waals surface area (Å²) in [5.41, 5.74) is 5.42. The summed E-state index contributed by atoms with van der Waals surface area (Å²) in [5, 5.41) is 6.55. The molecule has 1 heterocycles. The van der Waals surface area contributed by atoms with Crippen LogP contribution in [0.15, 0.2) is 12.3 Å². The van der Waals surface area contributed by atoms with Gasteiger partial charge in [-0.3, -0.25) is 14.3 Å². The molecule has 0 aromatic carbocycles. The summed E-state index contributed by atoms with van der Waals surface area (Å²) in [6, 6.07) is 1.58. The molecule has 7 heteroatoms. The van der Waals surface area contributed by atoms with Crippen molar-refractivity contribution in [3.63, 3.8) is 0 Å². The lowest BCUT2D eigenvalue weighted by molar-refractivity contribution is -0.155. The van der Waals surface area contributed by atoms with E-state index in [2.05, 4.69) is 10.4 Å². The Kier molecular flexibility index (Phi) is 5.84. The number of nitrogens with one attached hydrogen (secondary N) is 1. The summed E-state index contributed by atoms with van der Waals surface area (Å²) in [6.45, 7) is 4.10. The van der Waals surface area contributed by atoms with E-state index in [0.717, 1.165) is 12.8 Å². The van der Waals surface area contributed by atoms with Gasteiger partial charge in [0.25, 0.3) is 5.91 Å². The molecule has 1 amide bonds. The van der Waals surface area contributed by atoms with Crippen LogP contribution in [0, 0.1) is 0 Å². The average molecular weight is 268 g/mol. The highest BCUT2D eigenvalue weighted by Crippen LogP contribution is 1.98. The summed E-state index contributed by atoms with van der Waals surface area (Å²) in [6.07, 6.45) is 2.66. The molecule has 1 rings (SSSR count). The molecule has 0 fully saturated rings. The van der Waals surface area contributed by atoms with Gasteiger partial charge in [-0.2, -0.15) is 5.10 Å². The zero-order valence-electron chi connectivity index (χ0n) is 11.3. The minimum Gasteiger partial charge on any atom is -0.451 e. The Balaban J connectivity index is 2.32. The summed E-state index contributed by atoms with van der Waals surface area (Å²) < 4.78 is 6.36. The third-order valence-corrected chi connectivity index (χ3v) is 2.46. The van der Waals surface area contributed by atoms with Crippen molar-refractivity contribution < 1.29 is 14.3 Å². The topological polar surface area (TPSA) is 99.2 Å². The molecule has 0 saturated heterocycles. The normalized spacial score (nSPS) is 11.9. The Morgan fingerprint density at radius 1 is 1.58 bits per heavy atom. The predicted molar refractivity (Wildman–Crippen MR) is 70.1 cm³/mol. The number of aromatic nitrogens is 2. The number of ether oxygens (including phenoxy) is 1. The lowest BCUT2D eigenvalue weighted by atomic mass is 10.3. The zero-order chi connectivity index (χ0) is 14.3. The number of nitrogens with zero attached hydrogens (tertiary/aromatic N) is 2. The van der Waals surface area contributed by atoms with Crippen LogP contribution in [0.25, 0.3) is 0 Å². The molecule has 3 N–H and O–H groups in total. The number of unbranched alkanes of at least 4 members (excludes halogenated alkanes) is 1. The van der Waals surface area contributed by atoms with E-state index in [1.165, 1.54) is 11.6 Å². The van der Waals surface area contributed by atoms with Crippen LogP contribution < -0.4 is 11.1 Å². The number of hydrogen-bond acceptors (Lipinski definition) is 5. The van der Waals surface area contributed by atoms with Crippen molar-refractivity contribution in [2.24, 2.45) is 0 Å². The van der Waals surface area contributed by atoms with E-state index in [1.807, 2.05) is 6.92 Å². The smallest absolute Gasteiger partial charge is 0.328 e. The molecule has 0 aliphatic heterocycles. The highest BCUT2D eigenvalue weighted by Gasteiger charge is 2.17. The Morgan fingerprint density at radius 3 is 2.89 bits per heavy atom. The molecule has 1 atom stereocenters. The molecule has 0 aliphatic rings. The molecule has 19 heavy (non-hydrogen) atoms. The van der Waals surface area contributed by atoms with E-state index in [-0.39, 0.29) is 12.5 Å². The fraction of sp³-hybridized carbons (Fsp3) is 0.583. The minimum absolute atomic E-state index is 0.0657. The van der Waals surface area contributed by atoms with Gasteiger partial charge in [-0.05, 0) is 19.4 Å². The largest absolute Gasteiger partial charge is 0.451 e. The number of nitrogens with two attached hydrogens (primary N) is 1. The summed E-state index contributed by atoms with van der Waals surface area (Å²) in [5.74, 6) is -0.485. The van der Waals surface area contributed by atoms with E-state index < -0.39 is 12.1 Å². The second-order valence-electron chi connectivity index (χ2n) is 4.21. The second-order valence-corrected chi connectivity index (χ2v) is 4.21. The van der Waals surface area contributed by atoms with Crippen molar-refractivity contribution in [1.29, 1.82) is 0 Å². The fourth-order valence-electron chi connectivity index (χ4n) is 1.42. The van der Waals surface area contributed by atoms with Crippen molar-refractivity contribution >= 4 is 17.7 Å². The third kappa shape index (κ3) is 5.41. The van der Waals surface area contributed by atoms with E-state index in [1.54, 1.807) is 12.3 Å². The van der Waals surface area contributed by atoms with Gasteiger partial charge in [-0.15, -0.1) is 0 Å². The first-order chi connectivity index (χ1) is 9.02. The van der Waals surface area contributed by atoms with Crippen LogP contribution in [0.2, 0.25) is 0 Å². The fourth-order valence-corrected chi connectivity index (χ4v) is 1.42. The number of carbonyl (C=O) groups excluding carboxylic acids is 2. The van der Waals surface area contributed by atoms with E-state index in [9.17, 15) is 9.59 Å². The first kappa shape index (κ1) is 15.0. The van der Waals surface area contributed by atoms with Crippen LogP contribution >= 0.6 is 0 Å². The molecular formula is C12H20N4O3. The van der Waals surface area contributed by atoms with Crippen LogP contribution in [0.1, 0.15) is 26.7 Å². The van der Waals surface area contributed by atoms with Gasteiger partial charge < -0.3 is 15.8 Å². The van der Waals surface area contributed by atoms with E-state index in [0.29, 0.717) is 12.4 Å². The van der Waals surface area contributed by atoms with Gasteiger partial charge in [0.1, 0.15) is 12.4 Å². The Bertz CT molecular complexity index is 430. The highest BCUT2D eigenvalue weighted by molar-refractivity contribution is 5.83. The molecule has 0 radical (unpaired) electrons. The molecule has 0 bridgehead atoms. The lowest BCUT2D eigenvalue weighted by Crippen LogP contribution is -2.37. The zero-order valence-corrected chi connectivity index (χ0v) is 11.3. The standard InChI is InChI=1S/C12H20N4O3/c1-3-4-6-14-12(18)9(2)19-11(17)8-16-7-5-10(13)15-16/h5,7,9H,3-4,6,8H2,1-2H3,(H2,13,15)(H,14,18). The summed E-state index contributed by atoms with van der Waals surface area (Å²) in [4.78, 5) is 23.1. The van der Waals surface area contributed by atoms with Gasteiger partial charge in [0, 0.05) is 12.7 Å². The molecule has 1 aromatic rings. The number of carbonyl (C=O) groups is 2. The minimum atomic E-state index is -0.808. The van der Waals surface area contributed by atoms with E-state index >= 15 is 0 Å². The first-order valence-electron chi connectivity index (χ1n) is 6.29. The van der Waals surface area contributed by atoms with Crippen molar-refractivity contribution in [2.45, 2.75) is 39.3 Å². The number of rotatable bonds is 7.